The van der Waals surface area contributed by atoms with Gasteiger partial charge in [-0.3, -0.25) is 0 Å². The fourth-order valence-corrected chi connectivity index (χ4v) is 3.17. The molecule has 5 nitrogen and oxygen atoms in total. The number of benzene rings is 2. The summed E-state index contributed by atoms with van der Waals surface area (Å²) in [5.41, 5.74) is 4.95. The lowest BCUT2D eigenvalue weighted by Crippen LogP contribution is -2.09. The number of fused-ring (bicyclic) bond motifs is 1. The zero-order valence-corrected chi connectivity index (χ0v) is 15.5. The summed E-state index contributed by atoms with van der Waals surface area (Å²) in [5, 5.41) is 14.0. The molecule has 4 aromatic rings. The van der Waals surface area contributed by atoms with E-state index in [4.69, 9.17) is 4.42 Å². The van der Waals surface area contributed by atoms with E-state index >= 15 is 0 Å². The maximum absolute atomic E-state index is 9.46. The van der Waals surface area contributed by atoms with Gasteiger partial charge in [-0.05, 0) is 62.2 Å². The molecule has 0 spiro atoms. The van der Waals surface area contributed by atoms with Crippen molar-refractivity contribution in [2.45, 2.75) is 26.8 Å². The predicted octanol–water partition coefficient (Wildman–Crippen LogP) is 5.39. The van der Waals surface area contributed by atoms with Crippen LogP contribution in [0.25, 0.3) is 22.2 Å². The number of furan rings is 1. The minimum Gasteiger partial charge on any atom is -0.508 e. The molecule has 0 unspecified atom stereocenters. The molecule has 2 N–H and O–H groups in total. The van der Waals surface area contributed by atoms with Crippen molar-refractivity contribution in [2.75, 3.05) is 5.32 Å². The monoisotopic (exact) mass is 359 g/mol. The summed E-state index contributed by atoms with van der Waals surface area (Å²) in [6.45, 7) is 5.99. The van der Waals surface area contributed by atoms with Gasteiger partial charge in [-0.25, -0.2) is 9.97 Å². The average Bonchev–Trinajstić information content (AvgIpc) is 3.02. The summed E-state index contributed by atoms with van der Waals surface area (Å²) >= 11 is 0. The van der Waals surface area contributed by atoms with Gasteiger partial charge in [0.05, 0.1) is 12.0 Å². The second-order valence-electron chi connectivity index (χ2n) is 6.77. The molecule has 0 aliphatic carbocycles. The van der Waals surface area contributed by atoms with Crippen LogP contribution in [0.3, 0.4) is 0 Å². The van der Waals surface area contributed by atoms with Crippen LogP contribution in [0.15, 0.2) is 59.2 Å². The predicted molar refractivity (Wildman–Crippen MR) is 107 cm³/mol. The normalized spacial score (nSPS) is 12.3. The molecule has 5 heteroatoms. The van der Waals surface area contributed by atoms with Crippen molar-refractivity contribution < 1.29 is 9.52 Å². The number of anilines is 1. The third kappa shape index (κ3) is 3.49. The van der Waals surface area contributed by atoms with Gasteiger partial charge in [-0.2, -0.15) is 0 Å². The zero-order valence-electron chi connectivity index (χ0n) is 15.5. The van der Waals surface area contributed by atoms with Gasteiger partial charge in [-0.1, -0.05) is 12.1 Å². The fraction of sp³-hybridized carbons (Fsp3) is 0.182. The van der Waals surface area contributed by atoms with Crippen molar-refractivity contribution in [2.24, 2.45) is 0 Å². The SMILES string of the molecule is Cc1nc(N[C@H](C)c2ccc(O)cc2)cc(-c2ccc3occ(C)c3c2)n1. The molecule has 4 rings (SSSR count). The Morgan fingerprint density at radius 2 is 1.78 bits per heavy atom. The topological polar surface area (TPSA) is 71.2 Å². The quantitative estimate of drug-likeness (QED) is 0.511. The maximum atomic E-state index is 9.46. The molecule has 2 aromatic heterocycles. The lowest BCUT2D eigenvalue weighted by atomic mass is 10.1. The Balaban J connectivity index is 1.66. The van der Waals surface area contributed by atoms with Gasteiger partial charge in [-0.15, -0.1) is 0 Å². The Labute approximate surface area is 157 Å². The van der Waals surface area contributed by atoms with Crippen LogP contribution in [0.4, 0.5) is 5.82 Å². The zero-order chi connectivity index (χ0) is 19.0. The van der Waals surface area contributed by atoms with Crippen LogP contribution in [0.5, 0.6) is 5.75 Å². The molecular formula is C22H21N3O2. The average molecular weight is 359 g/mol. The van der Waals surface area contributed by atoms with Crippen molar-refractivity contribution in [3.63, 3.8) is 0 Å². The molecule has 0 aliphatic rings. The fourth-order valence-electron chi connectivity index (χ4n) is 3.17. The van der Waals surface area contributed by atoms with E-state index in [2.05, 4.69) is 28.3 Å². The van der Waals surface area contributed by atoms with Crippen molar-refractivity contribution in [3.8, 4) is 17.0 Å². The van der Waals surface area contributed by atoms with Crippen LogP contribution in [0, 0.1) is 13.8 Å². The second-order valence-corrected chi connectivity index (χ2v) is 6.77. The summed E-state index contributed by atoms with van der Waals surface area (Å²) < 4.78 is 5.53. The highest BCUT2D eigenvalue weighted by atomic mass is 16.3. The first-order valence-corrected chi connectivity index (χ1v) is 8.89. The second kappa shape index (κ2) is 6.76. The number of aromatic nitrogens is 2. The van der Waals surface area contributed by atoms with Crippen LogP contribution >= 0.6 is 0 Å². The first-order chi connectivity index (χ1) is 13.0. The number of nitrogens with one attached hydrogen (secondary N) is 1. The Morgan fingerprint density at radius 1 is 1.00 bits per heavy atom. The lowest BCUT2D eigenvalue weighted by molar-refractivity contribution is 0.475. The van der Waals surface area contributed by atoms with Gasteiger partial charge in [0.2, 0.25) is 0 Å². The smallest absolute Gasteiger partial charge is 0.134 e. The van der Waals surface area contributed by atoms with Gasteiger partial charge >= 0.3 is 0 Å². The van der Waals surface area contributed by atoms with E-state index in [0.717, 1.165) is 39.2 Å². The molecule has 0 aliphatic heterocycles. The standard InChI is InChI=1S/C22H21N3O2/c1-13-12-27-21-9-6-17(10-19(13)21)20-11-22(25-15(3)24-20)23-14(2)16-4-7-18(26)8-5-16/h4-12,14,26H,1-3H3,(H,23,24,25)/t14-/m1/s1. The molecule has 0 amide bonds. The minimum atomic E-state index is 0.0475. The first kappa shape index (κ1) is 17.1. The molecule has 0 radical (unpaired) electrons. The number of aryl methyl sites for hydroxylation is 2. The van der Waals surface area contributed by atoms with Crippen LogP contribution in [0.2, 0.25) is 0 Å². The Bertz CT molecular complexity index is 1100. The van der Waals surface area contributed by atoms with Crippen molar-refractivity contribution in [1.82, 2.24) is 9.97 Å². The summed E-state index contributed by atoms with van der Waals surface area (Å²) in [7, 11) is 0. The third-order valence-electron chi connectivity index (χ3n) is 4.66. The number of phenols is 1. The van der Waals surface area contributed by atoms with E-state index in [-0.39, 0.29) is 11.8 Å². The van der Waals surface area contributed by atoms with Crippen LogP contribution < -0.4 is 5.32 Å². The Kier molecular flexibility index (Phi) is 4.28. The van der Waals surface area contributed by atoms with Gasteiger partial charge in [0.25, 0.3) is 0 Å². The van der Waals surface area contributed by atoms with Gasteiger partial charge in [0, 0.05) is 23.1 Å². The van der Waals surface area contributed by atoms with Gasteiger partial charge < -0.3 is 14.8 Å². The van der Waals surface area contributed by atoms with E-state index in [1.165, 1.54) is 0 Å². The van der Waals surface area contributed by atoms with Crippen molar-refractivity contribution >= 4 is 16.8 Å². The van der Waals surface area contributed by atoms with E-state index in [9.17, 15) is 5.11 Å². The summed E-state index contributed by atoms with van der Waals surface area (Å²) in [5.74, 6) is 1.73. The van der Waals surface area contributed by atoms with Crippen LogP contribution in [-0.2, 0) is 0 Å². The molecule has 0 saturated carbocycles. The highest BCUT2D eigenvalue weighted by Crippen LogP contribution is 2.28. The Morgan fingerprint density at radius 3 is 2.56 bits per heavy atom. The number of rotatable bonds is 4. The minimum absolute atomic E-state index is 0.0475. The molecule has 0 bridgehead atoms. The molecule has 1 atom stereocenters. The van der Waals surface area contributed by atoms with E-state index < -0.39 is 0 Å². The van der Waals surface area contributed by atoms with E-state index in [0.29, 0.717) is 5.82 Å². The van der Waals surface area contributed by atoms with Gasteiger partial charge in [0.15, 0.2) is 0 Å². The number of nitrogens with zero attached hydrogens (tertiary/aromatic N) is 2. The van der Waals surface area contributed by atoms with Gasteiger partial charge in [0.1, 0.15) is 23.0 Å². The highest BCUT2D eigenvalue weighted by molar-refractivity contribution is 5.85. The third-order valence-corrected chi connectivity index (χ3v) is 4.66. The number of hydrogen-bond donors (Lipinski definition) is 2. The molecule has 136 valence electrons. The molecule has 0 saturated heterocycles. The lowest BCUT2D eigenvalue weighted by Gasteiger charge is -2.16. The Hall–Kier alpha value is -3.34. The van der Waals surface area contributed by atoms with E-state index in [1.807, 2.05) is 44.2 Å². The van der Waals surface area contributed by atoms with Crippen LogP contribution in [-0.4, -0.2) is 15.1 Å². The van der Waals surface area contributed by atoms with E-state index in [1.54, 1.807) is 18.4 Å². The first-order valence-electron chi connectivity index (χ1n) is 8.89. The molecule has 0 fully saturated rings. The summed E-state index contributed by atoms with van der Waals surface area (Å²) in [4.78, 5) is 9.12. The number of phenolic OH excluding ortho intramolecular Hbond substituents is 1. The maximum Gasteiger partial charge on any atom is 0.134 e. The van der Waals surface area contributed by atoms with Crippen molar-refractivity contribution in [1.29, 1.82) is 0 Å². The van der Waals surface area contributed by atoms with Crippen molar-refractivity contribution in [3.05, 3.63) is 71.7 Å². The number of hydrogen-bond acceptors (Lipinski definition) is 5. The number of aromatic hydroxyl groups is 1. The molecule has 2 heterocycles. The molecular weight excluding hydrogens is 338 g/mol. The summed E-state index contributed by atoms with van der Waals surface area (Å²) in [6, 6.07) is 15.3. The summed E-state index contributed by atoms with van der Waals surface area (Å²) in [6.07, 6.45) is 1.77. The van der Waals surface area contributed by atoms with Crippen LogP contribution in [0.1, 0.15) is 29.9 Å². The molecule has 2 aromatic carbocycles. The highest BCUT2D eigenvalue weighted by Gasteiger charge is 2.11. The molecule has 27 heavy (non-hydrogen) atoms. The largest absolute Gasteiger partial charge is 0.508 e.